The molecule has 154 valence electrons. The van der Waals surface area contributed by atoms with E-state index in [-0.39, 0.29) is 24.4 Å². The summed E-state index contributed by atoms with van der Waals surface area (Å²) in [4.78, 5) is 19.5. The second kappa shape index (κ2) is 9.87. The maximum absolute atomic E-state index is 12.2. The van der Waals surface area contributed by atoms with Crippen molar-refractivity contribution in [2.75, 3.05) is 33.3 Å². The Labute approximate surface area is 176 Å². The molecule has 28 heavy (non-hydrogen) atoms. The van der Waals surface area contributed by atoms with Crippen molar-refractivity contribution in [3.8, 4) is 5.75 Å². The second-order valence-corrected chi connectivity index (χ2v) is 8.69. The van der Waals surface area contributed by atoms with E-state index in [9.17, 15) is 4.79 Å². The minimum Gasteiger partial charge on any atom is -0.497 e. The number of ether oxygens (including phenoxy) is 1. The van der Waals surface area contributed by atoms with Gasteiger partial charge < -0.3 is 15.4 Å². The van der Waals surface area contributed by atoms with Gasteiger partial charge in [0.25, 0.3) is 0 Å². The molecule has 2 unspecified atom stereocenters. The number of benzene rings is 1. The summed E-state index contributed by atoms with van der Waals surface area (Å²) in [6.07, 6.45) is 4.43. The van der Waals surface area contributed by atoms with Gasteiger partial charge in [0.1, 0.15) is 10.8 Å². The minimum atomic E-state index is 0. The molecule has 2 N–H and O–H groups in total. The number of nitrogens with one attached hydrogen (secondary N) is 2. The molecule has 1 amide bonds. The maximum Gasteiger partial charge on any atom is 0.237 e. The van der Waals surface area contributed by atoms with Gasteiger partial charge in [0.05, 0.1) is 29.9 Å². The van der Waals surface area contributed by atoms with Crippen LogP contribution in [0.15, 0.2) is 18.2 Å². The molecule has 2 aliphatic rings. The van der Waals surface area contributed by atoms with Crippen LogP contribution >= 0.6 is 23.7 Å². The third-order valence-electron chi connectivity index (χ3n) is 5.54. The van der Waals surface area contributed by atoms with E-state index in [1.807, 2.05) is 12.1 Å². The highest BCUT2D eigenvalue weighted by Crippen LogP contribution is 2.28. The van der Waals surface area contributed by atoms with Gasteiger partial charge >= 0.3 is 0 Å². The molecule has 8 heteroatoms. The Balaban J connectivity index is 0.00000225. The van der Waals surface area contributed by atoms with Crippen LogP contribution in [-0.2, 0) is 11.3 Å². The van der Waals surface area contributed by atoms with Gasteiger partial charge in [-0.25, -0.2) is 4.98 Å². The van der Waals surface area contributed by atoms with Crippen molar-refractivity contribution < 1.29 is 9.53 Å². The number of fused-ring (bicyclic) bond motifs is 1. The molecule has 0 aliphatic carbocycles. The topological polar surface area (TPSA) is 66.5 Å². The van der Waals surface area contributed by atoms with E-state index in [1.165, 1.54) is 17.5 Å². The van der Waals surface area contributed by atoms with E-state index in [1.54, 1.807) is 18.4 Å². The molecule has 2 fully saturated rings. The number of likely N-dealkylation sites (tertiary alicyclic amines) is 1. The highest BCUT2D eigenvalue weighted by atomic mass is 35.5. The van der Waals surface area contributed by atoms with Gasteiger partial charge in [-0.2, -0.15) is 0 Å². The smallest absolute Gasteiger partial charge is 0.237 e. The van der Waals surface area contributed by atoms with Crippen LogP contribution in [0, 0.1) is 5.92 Å². The van der Waals surface area contributed by atoms with Gasteiger partial charge in [0, 0.05) is 13.1 Å². The summed E-state index contributed by atoms with van der Waals surface area (Å²) in [5, 5.41) is 7.58. The molecule has 2 atom stereocenters. The van der Waals surface area contributed by atoms with Crippen molar-refractivity contribution in [3.63, 3.8) is 0 Å². The van der Waals surface area contributed by atoms with Crippen LogP contribution in [0.5, 0.6) is 5.75 Å². The predicted octanol–water partition coefficient (Wildman–Crippen LogP) is 2.81. The van der Waals surface area contributed by atoms with E-state index in [0.717, 1.165) is 61.8 Å². The molecule has 0 bridgehead atoms. The highest BCUT2D eigenvalue weighted by Gasteiger charge is 2.25. The number of carbonyl (C=O) groups excluding carboxylic acids is 1. The van der Waals surface area contributed by atoms with Crippen molar-refractivity contribution in [1.29, 1.82) is 0 Å². The summed E-state index contributed by atoms with van der Waals surface area (Å²) < 4.78 is 6.48. The van der Waals surface area contributed by atoms with Gasteiger partial charge in [-0.05, 0) is 62.9 Å². The molecule has 6 nitrogen and oxygen atoms in total. The van der Waals surface area contributed by atoms with Gasteiger partial charge in [-0.15, -0.1) is 23.7 Å². The van der Waals surface area contributed by atoms with E-state index in [2.05, 4.69) is 21.6 Å². The Hall–Kier alpha value is -1.41. The number of methoxy groups -OCH3 is 1. The lowest BCUT2D eigenvalue weighted by Crippen LogP contribution is -2.45. The molecule has 0 radical (unpaired) electrons. The second-order valence-electron chi connectivity index (χ2n) is 7.58. The monoisotopic (exact) mass is 424 g/mol. The lowest BCUT2D eigenvalue weighted by molar-refractivity contribution is -0.123. The maximum atomic E-state index is 12.2. The zero-order valence-electron chi connectivity index (χ0n) is 16.3. The molecular formula is C20H29ClN4O2S. The SMILES string of the molecule is COc1ccc2nc(CN3CCCC(CNC(=O)C4CCCN4)C3)sc2c1.Cl. The average molecular weight is 425 g/mol. The lowest BCUT2D eigenvalue weighted by atomic mass is 9.98. The third kappa shape index (κ3) is 5.14. The number of thiazole rings is 1. The Morgan fingerprint density at radius 1 is 1.39 bits per heavy atom. The van der Waals surface area contributed by atoms with Crippen LogP contribution < -0.4 is 15.4 Å². The standard InChI is InChI=1S/C20H28N4O2S.ClH/c1-26-15-6-7-16-18(10-15)27-19(23-16)13-24-9-3-4-14(12-24)11-22-20(25)17-5-2-8-21-17;/h6-7,10,14,17,21H,2-5,8-9,11-13H2,1H3,(H,22,25);1H. The zero-order chi connectivity index (χ0) is 18.6. The number of piperidine rings is 1. The summed E-state index contributed by atoms with van der Waals surface area (Å²) in [5.41, 5.74) is 1.04. The van der Waals surface area contributed by atoms with E-state index < -0.39 is 0 Å². The van der Waals surface area contributed by atoms with Crippen LogP contribution in [0.3, 0.4) is 0 Å². The number of hydrogen-bond acceptors (Lipinski definition) is 6. The normalized spacial score (nSPS) is 22.8. The van der Waals surface area contributed by atoms with Crippen LogP contribution in [0.2, 0.25) is 0 Å². The number of nitrogens with zero attached hydrogens (tertiary/aromatic N) is 2. The molecule has 0 spiro atoms. The number of aromatic nitrogens is 1. The Morgan fingerprint density at radius 3 is 3.07 bits per heavy atom. The number of halogens is 1. The first-order valence-electron chi connectivity index (χ1n) is 9.88. The van der Waals surface area contributed by atoms with Crippen molar-refractivity contribution in [1.82, 2.24) is 20.5 Å². The molecule has 0 saturated carbocycles. The van der Waals surface area contributed by atoms with Crippen molar-refractivity contribution in [2.45, 2.75) is 38.3 Å². The molecule has 2 aliphatic heterocycles. The van der Waals surface area contributed by atoms with Crippen molar-refractivity contribution in [3.05, 3.63) is 23.2 Å². The fraction of sp³-hybridized carbons (Fsp3) is 0.600. The van der Waals surface area contributed by atoms with E-state index in [4.69, 9.17) is 9.72 Å². The van der Waals surface area contributed by atoms with Crippen LogP contribution in [-0.4, -0.2) is 55.1 Å². The lowest BCUT2D eigenvalue weighted by Gasteiger charge is -2.32. The Kier molecular flexibility index (Phi) is 7.51. The summed E-state index contributed by atoms with van der Waals surface area (Å²) >= 11 is 1.75. The van der Waals surface area contributed by atoms with Gasteiger partial charge in [-0.1, -0.05) is 0 Å². The zero-order valence-corrected chi connectivity index (χ0v) is 17.9. The third-order valence-corrected chi connectivity index (χ3v) is 6.55. The number of hydrogen-bond donors (Lipinski definition) is 2. The fourth-order valence-electron chi connectivity index (χ4n) is 4.08. The quantitative estimate of drug-likeness (QED) is 0.746. The number of amides is 1. The molecule has 4 rings (SSSR count). The van der Waals surface area contributed by atoms with Gasteiger partial charge in [-0.3, -0.25) is 9.69 Å². The Morgan fingerprint density at radius 2 is 2.29 bits per heavy atom. The predicted molar refractivity (Wildman–Crippen MR) is 115 cm³/mol. The van der Waals surface area contributed by atoms with Crippen LogP contribution in [0.4, 0.5) is 0 Å². The van der Waals surface area contributed by atoms with Crippen molar-refractivity contribution in [2.24, 2.45) is 5.92 Å². The largest absolute Gasteiger partial charge is 0.497 e. The average Bonchev–Trinajstić information content (AvgIpc) is 3.35. The van der Waals surface area contributed by atoms with Gasteiger partial charge in [0.15, 0.2) is 0 Å². The Bertz CT molecular complexity index is 794. The van der Waals surface area contributed by atoms with Crippen molar-refractivity contribution >= 4 is 39.9 Å². The molecular weight excluding hydrogens is 396 g/mol. The molecule has 2 saturated heterocycles. The summed E-state index contributed by atoms with van der Waals surface area (Å²) in [5.74, 6) is 1.58. The van der Waals surface area contributed by atoms with Crippen LogP contribution in [0.1, 0.15) is 30.7 Å². The first-order chi connectivity index (χ1) is 13.2. The number of rotatable bonds is 6. The summed E-state index contributed by atoms with van der Waals surface area (Å²) in [7, 11) is 1.69. The van der Waals surface area contributed by atoms with E-state index >= 15 is 0 Å². The molecule has 1 aromatic carbocycles. The highest BCUT2D eigenvalue weighted by molar-refractivity contribution is 7.18. The first-order valence-corrected chi connectivity index (χ1v) is 10.7. The first kappa shape index (κ1) is 21.3. The van der Waals surface area contributed by atoms with E-state index in [0.29, 0.717) is 5.92 Å². The molecule has 2 aromatic rings. The summed E-state index contributed by atoms with van der Waals surface area (Å²) in [6, 6.07) is 6.07. The number of carbonyl (C=O) groups is 1. The molecule has 1 aromatic heterocycles. The molecule has 3 heterocycles. The van der Waals surface area contributed by atoms with Gasteiger partial charge in [0.2, 0.25) is 5.91 Å². The minimum absolute atomic E-state index is 0. The summed E-state index contributed by atoms with van der Waals surface area (Å²) in [6.45, 7) is 4.76. The van der Waals surface area contributed by atoms with Crippen LogP contribution in [0.25, 0.3) is 10.2 Å². The fourth-order valence-corrected chi connectivity index (χ4v) is 5.11.